The molecule has 0 aliphatic rings. The predicted molar refractivity (Wildman–Crippen MR) is 71.9 cm³/mol. The monoisotopic (exact) mass is 348 g/mol. The van der Waals surface area contributed by atoms with Gasteiger partial charge in [0, 0.05) is 9.80 Å². The van der Waals surface area contributed by atoms with Gasteiger partial charge in [0.05, 0.1) is 5.56 Å². The first-order valence-electron chi connectivity index (χ1n) is 4.91. The quantitative estimate of drug-likeness (QED) is 0.587. The fourth-order valence-electron chi connectivity index (χ4n) is 1.12. The van der Waals surface area contributed by atoms with Gasteiger partial charge in [-0.25, -0.2) is 4.79 Å². The van der Waals surface area contributed by atoms with Crippen LogP contribution in [0.15, 0.2) is 22.7 Å². The van der Waals surface area contributed by atoms with Crippen LogP contribution in [0.2, 0.25) is 0 Å². The molecule has 0 fully saturated rings. The summed E-state index contributed by atoms with van der Waals surface area (Å²) in [5.74, 6) is -0.297. The van der Waals surface area contributed by atoms with Crippen molar-refractivity contribution >= 4 is 37.8 Å². The van der Waals surface area contributed by atoms with Crippen molar-refractivity contribution < 1.29 is 9.53 Å². The third kappa shape index (κ3) is 3.91. The number of hydrogen-bond acceptors (Lipinski definition) is 2. The molecule has 0 aliphatic heterocycles. The Labute approximate surface area is 113 Å². The molecule has 0 aliphatic carbocycles. The SMILES string of the molecule is CC(C)(C)OC(=O)c1ccc(CBr)c(Br)c1. The summed E-state index contributed by atoms with van der Waals surface area (Å²) in [6, 6.07) is 5.46. The maximum atomic E-state index is 11.8. The number of benzene rings is 1. The first kappa shape index (κ1) is 13.7. The summed E-state index contributed by atoms with van der Waals surface area (Å²) in [4.78, 5) is 11.8. The van der Waals surface area contributed by atoms with Crippen molar-refractivity contribution in [2.24, 2.45) is 0 Å². The van der Waals surface area contributed by atoms with Crippen LogP contribution >= 0.6 is 31.9 Å². The van der Waals surface area contributed by atoms with E-state index in [1.165, 1.54) is 0 Å². The average Bonchev–Trinajstić information content (AvgIpc) is 2.15. The highest BCUT2D eigenvalue weighted by molar-refractivity contribution is 9.10. The van der Waals surface area contributed by atoms with Crippen molar-refractivity contribution in [2.45, 2.75) is 31.7 Å². The second kappa shape index (κ2) is 5.32. The van der Waals surface area contributed by atoms with E-state index in [2.05, 4.69) is 31.9 Å². The number of rotatable bonds is 2. The molecular formula is C12H14Br2O2. The van der Waals surface area contributed by atoms with Crippen molar-refractivity contribution in [3.05, 3.63) is 33.8 Å². The van der Waals surface area contributed by atoms with Gasteiger partial charge in [-0.2, -0.15) is 0 Å². The van der Waals surface area contributed by atoms with Crippen molar-refractivity contribution in [1.29, 1.82) is 0 Å². The van der Waals surface area contributed by atoms with Crippen molar-refractivity contribution in [3.63, 3.8) is 0 Å². The standard InChI is InChI=1S/C12H14Br2O2/c1-12(2,3)16-11(15)8-4-5-9(7-13)10(14)6-8/h4-6H,7H2,1-3H3. The molecule has 1 rings (SSSR count). The van der Waals surface area contributed by atoms with Crippen LogP contribution in [-0.2, 0) is 10.1 Å². The molecule has 88 valence electrons. The topological polar surface area (TPSA) is 26.3 Å². The predicted octanol–water partition coefficient (Wildman–Crippen LogP) is 4.30. The Morgan fingerprint density at radius 3 is 2.44 bits per heavy atom. The number of ether oxygens (including phenoxy) is 1. The minimum atomic E-state index is -0.461. The van der Waals surface area contributed by atoms with Crippen LogP contribution in [0, 0.1) is 0 Å². The van der Waals surface area contributed by atoms with E-state index in [1.807, 2.05) is 26.8 Å². The zero-order valence-electron chi connectivity index (χ0n) is 9.51. The number of halogens is 2. The van der Waals surface area contributed by atoms with Crippen LogP contribution in [0.5, 0.6) is 0 Å². The van der Waals surface area contributed by atoms with Gasteiger partial charge in [0.2, 0.25) is 0 Å². The van der Waals surface area contributed by atoms with Crippen molar-refractivity contribution in [1.82, 2.24) is 0 Å². The van der Waals surface area contributed by atoms with Gasteiger partial charge in [-0.1, -0.05) is 37.9 Å². The molecule has 2 nitrogen and oxygen atoms in total. The molecular weight excluding hydrogens is 336 g/mol. The van der Waals surface area contributed by atoms with Crippen LogP contribution in [0.1, 0.15) is 36.7 Å². The van der Waals surface area contributed by atoms with Gasteiger partial charge in [0.1, 0.15) is 5.60 Å². The zero-order valence-corrected chi connectivity index (χ0v) is 12.7. The van der Waals surface area contributed by atoms with Crippen LogP contribution in [0.25, 0.3) is 0 Å². The summed E-state index contributed by atoms with van der Waals surface area (Å²) in [5, 5.41) is 0.752. The highest BCUT2D eigenvalue weighted by Gasteiger charge is 2.18. The molecule has 0 heterocycles. The molecule has 4 heteroatoms. The minimum absolute atomic E-state index is 0.297. The maximum absolute atomic E-state index is 11.8. The normalized spacial score (nSPS) is 11.3. The number of carbonyl (C=O) groups is 1. The van der Waals surface area contributed by atoms with E-state index >= 15 is 0 Å². The summed E-state index contributed by atoms with van der Waals surface area (Å²) in [7, 11) is 0. The summed E-state index contributed by atoms with van der Waals surface area (Å²) in [6.07, 6.45) is 0. The lowest BCUT2D eigenvalue weighted by atomic mass is 10.1. The van der Waals surface area contributed by atoms with E-state index in [0.29, 0.717) is 5.56 Å². The van der Waals surface area contributed by atoms with Gasteiger partial charge in [-0.15, -0.1) is 0 Å². The Morgan fingerprint density at radius 1 is 1.38 bits per heavy atom. The number of esters is 1. The molecule has 0 bridgehead atoms. The van der Waals surface area contributed by atoms with E-state index in [1.54, 1.807) is 12.1 Å². The van der Waals surface area contributed by atoms with Crippen LogP contribution in [0.3, 0.4) is 0 Å². The molecule has 0 unspecified atom stereocenters. The van der Waals surface area contributed by atoms with Gasteiger partial charge < -0.3 is 4.74 Å². The molecule has 16 heavy (non-hydrogen) atoms. The Balaban J connectivity index is 2.89. The van der Waals surface area contributed by atoms with E-state index in [-0.39, 0.29) is 5.97 Å². The average molecular weight is 350 g/mol. The van der Waals surface area contributed by atoms with Gasteiger partial charge in [-0.3, -0.25) is 0 Å². The molecule has 0 aromatic heterocycles. The molecule has 0 saturated carbocycles. The Hall–Kier alpha value is -0.350. The largest absolute Gasteiger partial charge is 0.456 e. The summed E-state index contributed by atoms with van der Waals surface area (Å²) < 4.78 is 6.19. The summed E-state index contributed by atoms with van der Waals surface area (Å²) in [6.45, 7) is 5.56. The second-order valence-electron chi connectivity index (χ2n) is 4.44. The van der Waals surface area contributed by atoms with Crippen LogP contribution in [-0.4, -0.2) is 11.6 Å². The van der Waals surface area contributed by atoms with Gasteiger partial charge in [-0.05, 0) is 38.5 Å². The molecule has 0 N–H and O–H groups in total. The molecule has 1 aromatic carbocycles. The van der Waals surface area contributed by atoms with Crippen molar-refractivity contribution in [2.75, 3.05) is 0 Å². The third-order valence-corrected chi connectivity index (χ3v) is 3.17. The molecule has 0 saturated heterocycles. The lowest BCUT2D eigenvalue weighted by molar-refractivity contribution is 0.00695. The number of carbonyl (C=O) groups excluding carboxylic acids is 1. The summed E-state index contributed by atoms with van der Waals surface area (Å²) >= 11 is 6.79. The van der Waals surface area contributed by atoms with E-state index in [4.69, 9.17) is 4.74 Å². The summed E-state index contributed by atoms with van der Waals surface area (Å²) in [5.41, 5.74) is 1.20. The lowest BCUT2D eigenvalue weighted by Gasteiger charge is -2.19. The van der Waals surface area contributed by atoms with Gasteiger partial charge in [0.15, 0.2) is 0 Å². The fraction of sp³-hybridized carbons (Fsp3) is 0.417. The first-order chi connectivity index (χ1) is 7.33. The molecule has 0 radical (unpaired) electrons. The van der Waals surface area contributed by atoms with Crippen LogP contribution < -0.4 is 0 Å². The Kier molecular flexibility index (Phi) is 4.56. The Bertz CT molecular complexity index is 394. The molecule has 1 aromatic rings. The molecule has 0 amide bonds. The van der Waals surface area contributed by atoms with E-state index < -0.39 is 5.60 Å². The maximum Gasteiger partial charge on any atom is 0.338 e. The molecule has 0 atom stereocenters. The highest BCUT2D eigenvalue weighted by atomic mass is 79.9. The van der Waals surface area contributed by atoms with Gasteiger partial charge in [0.25, 0.3) is 0 Å². The minimum Gasteiger partial charge on any atom is -0.456 e. The van der Waals surface area contributed by atoms with Gasteiger partial charge >= 0.3 is 5.97 Å². The Morgan fingerprint density at radius 2 is 2.00 bits per heavy atom. The van der Waals surface area contributed by atoms with E-state index in [0.717, 1.165) is 15.4 Å². The fourth-order valence-corrected chi connectivity index (χ4v) is 2.50. The van der Waals surface area contributed by atoms with E-state index in [9.17, 15) is 4.79 Å². The third-order valence-electron chi connectivity index (χ3n) is 1.83. The lowest BCUT2D eigenvalue weighted by Crippen LogP contribution is -2.23. The molecule has 0 spiro atoms. The highest BCUT2D eigenvalue weighted by Crippen LogP contribution is 2.22. The van der Waals surface area contributed by atoms with Crippen LogP contribution in [0.4, 0.5) is 0 Å². The first-order valence-corrected chi connectivity index (χ1v) is 6.82. The second-order valence-corrected chi connectivity index (χ2v) is 5.86. The smallest absolute Gasteiger partial charge is 0.338 e. The van der Waals surface area contributed by atoms with Crippen molar-refractivity contribution in [3.8, 4) is 0 Å². The zero-order chi connectivity index (χ0) is 12.3. The number of hydrogen-bond donors (Lipinski definition) is 0. The number of alkyl halides is 1.